The number of hydrogen-bond acceptors (Lipinski definition) is 6. The predicted octanol–water partition coefficient (Wildman–Crippen LogP) is 2.16. The molecule has 0 radical (unpaired) electrons. The van der Waals surface area contributed by atoms with Crippen LogP contribution in [0.5, 0.6) is 0 Å². The van der Waals surface area contributed by atoms with Gasteiger partial charge in [0.15, 0.2) is 0 Å². The molecular weight excluding hydrogens is 304 g/mol. The number of hydrogen-bond donors (Lipinski definition) is 0. The summed E-state index contributed by atoms with van der Waals surface area (Å²) in [5.41, 5.74) is 1.19. The molecule has 6 nitrogen and oxygen atoms in total. The molecule has 2 amide bonds. The number of nitriles is 1. The van der Waals surface area contributed by atoms with E-state index in [-0.39, 0.29) is 4.91 Å². The van der Waals surface area contributed by atoms with Gasteiger partial charge >= 0.3 is 5.97 Å². The minimum absolute atomic E-state index is 0.227. The number of methoxy groups -OCH3 is 1. The van der Waals surface area contributed by atoms with Crippen LogP contribution < -0.4 is 0 Å². The van der Waals surface area contributed by atoms with E-state index in [1.807, 2.05) is 6.07 Å². The summed E-state index contributed by atoms with van der Waals surface area (Å²) in [6.07, 6.45) is 1.55. The maximum Gasteiger partial charge on any atom is 0.328 e. The topological polar surface area (TPSA) is 87.5 Å². The molecule has 0 spiro atoms. The van der Waals surface area contributed by atoms with Gasteiger partial charge in [-0.2, -0.15) is 5.26 Å². The van der Waals surface area contributed by atoms with E-state index >= 15 is 0 Å². The summed E-state index contributed by atoms with van der Waals surface area (Å²) >= 11 is 0.769. The Morgan fingerprint density at radius 2 is 2.00 bits per heavy atom. The first kappa shape index (κ1) is 15.8. The molecule has 1 aliphatic heterocycles. The molecule has 1 atom stereocenters. The lowest BCUT2D eigenvalue weighted by molar-refractivity contribution is -0.148. The van der Waals surface area contributed by atoms with Gasteiger partial charge in [0.1, 0.15) is 6.04 Å². The molecular formula is C15H12N2O4S. The molecule has 1 heterocycles. The molecule has 0 N–H and O–H groups in total. The van der Waals surface area contributed by atoms with E-state index in [1.165, 1.54) is 14.0 Å². The van der Waals surface area contributed by atoms with Gasteiger partial charge in [0.2, 0.25) is 0 Å². The quantitative estimate of drug-likeness (QED) is 0.627. The zero-order chi connectivity index (χ0) is 16.3. The summed E-state index contributed by atoms with van der Waals surface area (Å²) in [6, 6.07) is 7.62. The number of nitrogens with zero attached hydrogens (tertiary/aromatic N) is 2. The summed E-state index contributed by atoms with van der Waals surface area (Å²) in [5.74, 6) is -1.18. The van der Waals surface area contributed by atoms with Crippen molar-refractivity contribution < 1.29 is 19.1 Å². The van der Waals surface area contributed by atoms with Crippen LogP contribution in [0.4, 0.5) is 4.79 Å². The highest BCUT2D eigenvalue weighted by molar-refractivity contribution is 8.18. The van der Waals surface area contributed by atoms with Crippen molar-refractivity contribution in [2.24, 2.45) is 0 Å². The highest BCUT2D eigenvalue weighted by Gasteiger charge is 2.41. The lowest BCUT2D eigenvalue weighted by Gasteiger charge is -2.18. The van der Waals surface area contributed by atoms with Crippen LogP contribution in [0.25, 0.3) is 6.08 Å². The molecule has 0 bridgehead atoms. The van der Waals surface area contributed by atoms with Crippen LogP contribution in [0.1, 0.15) is 18.1 Å². The number of carbonyl (C=O) groups excluding carboxylic acids is 3. The molecule has 1 aromatic rings. The Bertz CT molecular complexity index is 703. The van der Waals surface area contributed by atoms with E-state index in [1.54, 1.807) is 30.3 Å². The van der Waals surface area contributed by atoms with Crippen LogP contribution in [0.2, 0.25) is 0 Å². The number of ether oxygens (including phenoxy) is 1. The van der Waals surface area contributed by atoms with E-state index in [4.69, 9.17) is 5.26 Å². The lowest BCUT2D eigenvalue weighted by Crippen LogP contribution is -2.42. The first-order valence-corrected chi connectivity index (χ1v) is 7.14. The molecule has 112 valence electrons. The van der Waals surface area contributed by atoms with Crippen molar-refractivity contribution in [1.82, 2.24) is 4.90 Å². The van der Waals surface area contributed by atoms with Crippen molar-refractivity contribution >= 4 is 35.0 Å². The van der Waals surface area contributed by atoms with Crippen LogP contribution in [0.3, 0.4) is 0 Å². The maximum atomic E-state index is 12.3. The first-order valence-electron chi connectivity index (χ1n) is 6.33. The van der Waals surface area contributed by atoms with E-state index in [2.05, 4.69) is 4.74 Å². The van der Waals surface area contributed by atoms with Gasteiger partial charge in [-0.3, -0.25) is 14.5 Å². The zero-order valence-corrected chi connectivity index (χ0v) is 12.7. The summed E-state index contributed by atoms with van der Waals surface area (Å²) in [6.45, 7) is 1.44. The second kappa shape index (κ2) is 6.45. The van der Waals surface area contributed by atoms with Crippen LogP contribution in [-0.4, -0.2) is 35.2 Å². The van der Waals surface area contributed by atoms with E-state index in [9.17, 15) is 14.4 Å². The number of benzene rings is 1. The maximum absolute atomic E-state index is 12.3. The fourth-order valence-corrected chi connectivity index (χ4v) is 2.80. The van der Waals surface area contributed by atoms with Crippen molar-refractivity contribution in [3.05, 3.63) is 40.3 Å². The van der Waals surface area contributed by atoms with Gasteiger partial charge in [-0.15, -0.1) is 0 Å². The normalized spacial score (nSPS) is 17.5. The minimum atomic E-state index is -0.968. The van der Waals surface area contributed by atoms with Gasteiger partial charge in [0.05, 0.1) is 23.6 Å². The number of carbonyl (C=O) groups is 3. The van der Waals surface area contributed by atoms with Gasteiger partial charge in [0.25, 0.3) is 11.1 Å². The van der Waals surface area contributed by atoms with E-state index < -0.39 is 23.2 Å². The third kappa shape index (κ3) is 3.02. The summed E-state index contributed by atoms with van der Waals surface area (Å²) in [7, 11) is 1.20. The second-order valence-corrected chi connectivity index (χ2v) is 5.48. The van der Waals surface area contributed by atoms with Crippen LogP contribution in [0, 0.1) is 11.3 Å². The zero-order valence-electron chi connectivity index (χ0n) is 11.9. The van der Waals surface area contributed by atoms with Crippen molar-refractivity contribution in [3.63, 3.8) is 0 Å². The molecule has 1 saturated heterocycles. The Balaban J connectivity index is 2.25. The fraction of sp³-hybridized carbons (Fsp3) is 0.200. The molecule has 0 saturated carbocycles. The number of imide groups is 1. The monoisotopic (exact) mass is 316 g/mol. The predicted molar refractivity (Wildman–Crippen MR) is 80.4 cm³/mol. The standard InChI is InChI=1S/C15H12N2O4S/c1-9(14(19)21-2)17-13(18)12(22-15(17)20)7-10-3-5-11(8-16)6-4-10/h3-7,9H,1-2H3/b12-7+. The van der Waals surface area contributed by atoms with Crippen molar-refractivity contribution in [2.75, 3.05) is 7.11 Å². The smallest absolute Gasteiger partial charge is 0.328 e. The second-order valence-electron chi connectivity index (χ2n) is 4.48. The van der Waals surface area contributed by atoms with Crippen molar-refractivity contribution in [2.45, 2.75) is 13.0 Å². The van der Waals surface area contributed by atoms with Gasteiger partial charge < -0.3 is 4.74 Å². The van der Waals surface area contributed by atoms with Gasteiger partial charge in [-0.05, 0) is 42.5 Å². The molecule has 22 heavy (non-hydrogen) atoms. The average molecular weight is 316 g/mol. The Labute approximate surface area is 131 Å². The largest absolute Gasteiger partial charge is 0.467 e. The third-order valence-electron chi connectivity index (χ3n) is 3.09. The third-order valence-corrected chi connectivity index (χ3v) is 3.97. The molecule has 0 aliphatic carbocycles. The van der Waals surface area contributed by atoms with Gasteiger partial charge in [0, 0.05) is 0 Å². The van der Waals surface area contributed by atoms with Crippen LogP contribution >= 0.6 is 11.8 Å². The molecule has 1 aromatic carbocycles. The first-order chi connectivity index (χ1) is 10.5. The highest BCUT2D eigenvalue weighted by Crippen LogP contribution is 2.33. The molecule has 2 rings (SSSR count). The van der Waals surface area contributed by atoms with E-state index in [0.29, 0.717) is 11.1 Å². The van der Waals surface area contributed by atoms with Crippen LogP contribution in [0.15, 0.2) is 29.2 Å². The molecule has 1 fully saturated rings. The number of amides is 2. The SMILES string of the molecule is COC(=O)C(C)N1C(=O)S/C(=C/c2ccc(C#N)cc2)C1=O. The minimum Gasteiger partial charge on any atom is -0.467 e. The number of rotatable bonds is 3. The Kier molecular flexibility index (Phi) is 4.63. The Hall–Kier alpha value is -2.59. The number of thioether (sulfide) groups is 1. The van der Waals surface area contributed by atoms with E-state index in [0.717, 1.165) is 16.7 Å². The molecule has 1 aliphatic rings. The van der Waals surface area contributed by atoms with Gasteiger partial charge in [-0.25, -0.2) is 4.79 Å². The molecule has 7 heteroatoms. The highest BCUT2D eigenvalue weighted by atomic mass is 32.2. The fourth-order valence-electron chi connectivity index (χ4n) is 1.89. The summed E-state index contributed by atoms with van der Waals surface area (Å²) in [5, 5.41) is 8.23. The summed E-state index contributed by atoms with van der Waals surface area (Å²) in [4.78, 5) is 36.8. The Morgan fingerprint density at radius 1 is 1.36 bits per heavy atom. The average Bonchev–Trinajstić information content (AvgIpc) is 2.80. The van der Waals surface area contributed by atoms with Crippen molar-refractivity contribution in [1.29, 1.82) is 5.26 Å². The van der Waals surface area contributed by atoms with Crippen molar-refractivity contribution in [3.8, 4) is 6.07 Å². The lowest BCUT2D eigenvalue weighted by atomic mass is 10.1. The number of esters is 1. The van der Waals surface area contributed by atoms with Crippen LogP contribution in [-0.2, 0) is 14.3 Å². The Morgan fingerprint density at radius 3 is 2.55 bits per heavy atom. The molecule has 0 aromatic heterocycles. The summed E-state index contributed by atoms with van der Waals surface area (Å²) < 4.78 is 4.56. The molecule has 1 unspecified atom stereocenters. The van der Waals surface area contributed by atoms with Gasteiger partial charge in [-0.1, -0.05) is 12.1 Å².